The number of esters is 1. The fourth-order valence-electron chi connectivity index (χ4n) is 2.69. The van der Waals surface area contributed by atoms with E-state index in [4.69, 9.17) is 9.47 Å². The van der Waals surface area contributed by atoms with E-state index in [9.17, 15) is 4.79 Å². The lowest BCUT2D eigenvalue weighted by atomic mass is 10.2. The second-order valence-electron chi connectivity index (χ2n) is 5.65. The monoisotopic (exact) mass is 323 g/mol. The number of benzene rings is 2. The van der Waals surface area contributed by atoms with Crippen LogP contribution in [0.3, 0.4) is 0 Å². The van der Waals surface area contributed by atoms with Gasteiger partial charge in [-0.25, -0.2) is 4.79 Å². The highest BCUT2D eigenvalue weighted by molar-refractivity contribution is 5.84. The summed E-state index contributed by atoms with van der Waals surface area (Å²) in [5, 5.41) is 1.04. The largest absolute Gasteiger partial charge is 0.489 e. The van der Waals surface area contributed by atoms with Crippen molar-refractivity contribution in [3.8, 4) is 5.75 Å². The Kier molecular flexibility index (Phi) is 4.85. The summed E-state index contributed by atoms with van der Waals surface area (Å²) in [6, 6.07) is 17.6. The number of hydrogen-bond acceptors (Lipinski definition) is 3. The first kappa shape index (κ1) is 16.1. The normalized spacial score (nSPS) is 12.1. The summed E-state index contributed by atoms with van der Waals surface area (Å²) in [6.45, 7) is 4.58. The molecule has 0 N–H and O–H groups in total. The van der Waals surface area contributed by atoms with E-state index in [0.717, 1.165) is 22.2 Å². The summed E-state index contributed by atoms with van der Waals surface area (Å²) in [5.41, 5.74) is 2.12. The van der Waals surface area contributed by atoms with Gasteiger partial charge in [0.05, 0.1) is 6.61 Å². The molecule has 0 spiro atoms. The zero-order valence-electron chi connectivity index (χ0n) is 13.9. The molecule has 0 radical (unpaired) electrons. The van der Waals surface area contributed by atoms with Gasteiger partial charge in [-0.1, -0.05) is 30.3 Å². The van der Waals surface area contributed by atoms with Crippen LogP contribution in [0.15, 0.2) is 60.8 Å². The van der Waals surface area contributed by atoms with Crippen molar-refractivity contribution in [2.45, 2.75) is 26.5 Å². The number of rotatable bonds is 6. The maximum absolute atomic E-state index is 11.9. The molecule has 0 amide bonds. The van der Waals surface area contributed by atoms with Gasteiger partial charge in [-0.3, -0.25) is 0 Å². The van der Waals surface area contributed by atoms with E-state index in [-0.39, 0.29) is 12.0 Å². The molecule has 3 rings (SSSR count). The van der Waals surface area contributed by atoms with Crippen LogP contribution in [0.1, 0.15) is 25.5 Å². The summed E-state index contributed by atoms with van der Waals surface area (Å²) in [5.74, 6) is 0.590. The highest BCUT2D eigenvalue weighted by atomic mass is 16.5. The smallest absolute Gasteiger partial charge is 0.328 e. The Hall–Kier alpha value is -2.75. The average Bonchev–Trinajstić information content (AvgIpc) is 3.03. The van der Waals surface area contributed by atoms with E-state index >= 15 is 0 Å². The lowest BCUT2D eigenvalue weighted by Gasteiger charge is -2.14. The zero-order chi connectivity index (χ0) is 16.9. The van der Waals surface area contributed by atoms with Gasteiger partial charge >= 0.3 is 5.97 Å². The summed E-state index contributed by atoms with van der Waals surface area (Å²) in [4.78, 5) is 11.9. The lowest BCUT2D eigenvalue weighted by Crippen LogP contribution is -2.18. The second kappa shape index (κ2) is 7.21. The van der Waals surface area contributed by atoms with Crippen LogP contribution in [0.25, 0.3) is 10.9 Å². The zero-order valence-corrected chi connectivity index (χ0v) is 13.9. The Bertz CT molecular complexity index is 823. The molecule has 0 bridgehead atoms. The summed E-state index contributed by atoms with van der Waals surface area (Å²) < 4.78 is 12.9. The van der Waals surface area contributed by atoms with Crippen LogP contribution in [0, 0.1) is 0 Å². The number of aromatic nitrogens is 1. The molecule has 2 aromatic carbocycles. The summed E-state index contributed by atoms with van der Waals surface area (Å²) in [6.07, 6.45) is 1.91. The maximum atomic E-state index is 11.9. The minimum atomic E-state index is -0.349. The van der Waals surface area contributed by atoms with Crippen LogP contribution in [-0.4, -0.2) is 17.1 Å². The molecular weight excluding hydrogens is 302 g/mol. The van der Waals surface area contributed by atoms with E-state index in [0.29, 0.717) is 13.2 Å². The molecule has 0 aliphatic carbocycles. The lowest BCUT2D eigenvalue weighted by molar-refractivity contribution is -0.146. The molecule has 1 unspecified atom stereocenters. The van der Waals surface area contributed by atoms with Crippen molar-refractivity contribution in [2.75, 3.05) is 6.61 Å². The average molecular weight is 323 g/mol. The van der Waals surface area contributed by atoms with Crippen LogP contribution in [-0.2, 0) is 16.1 Å². The van der Waals surface area contributed by atoms with Crippen molar-refractivity contribution in [1.29, 1.82) is 0 Å². The number of hydrogen-bond donors (Lipinski definition) is 0. The fourth-order valence-corrected chi connectivity index (χ4v) is 2.69. The molecule has 0 aliphatic rings. The third kappa shape index (κ3) is 3.43. The molecule has 0 aliphatic heterocycles. The molecule has 0 saturated carbocycles. The van der Waals surface area contributed by atoms with Crippen molar-refractivity contribution in [2.24, 2.45) is 0 Å². The quantitative estimate of drug-likeness (QED) is 0.633. The van der Waals surface area contributed by atoms with Gasteiger partial charge in [0.2, 0.25) is 0 Å². The highest BCUT2D eigenvalue weighted by Gasteiger charge is 2.17. The standard InChI is InChI=1S/C20H21NO3/c1-3-23-20(22)15(2)21-12-11-17-13-18(9-10-19(17)21)24-14-16-7-5-4-6-8-16/h4-13,15H,3,14H2,1-2H3. The first-order chi connectivity index (χ1) is 11.7. The van der Waals surface area contributed by atoms with E-state index in [1.165, 1.54) is 0 Å². The fraction of sp³-hybridized carbons (Fsp3) is 0.250. The van der Waals surface area contributed by atoms with Crippen LogP contribution in [0.4, 0.5) is 0 Å². The molecule has 4 heteroatoms. The molecule has 24 heavy (non-hydrogen) atoms. The van der Waals surface area contributed by atoms with Gasteiger partial charge in [-0.05, 0) is 43.7 Å². The number of carbonyl (C=O) groups is 1. The first-order valence-electron chi connectivity index (χ1n) is 8.13. The Morgan fingerprint density at radius 1 is 1.12 bits per heavy atom. The molecule has 1 heterocycles. The van der Waals surface area contributed by atoms with Gasteiger partial charge in [0, 0.05) is 17.1 Å². The molecule has 3 aromatic rings. The molecule has 0 fully saturated rings. The predicted molar refractivity (Wildman–Crippen MR) is 94.1 cm³/mol. The summed E-state index contributed by atoms with van der Waals surface area (Å²) >= 11 is 0. The molecular formula is C20H21NO3. The number of nitrogens with zero attached hydrogens (tertiary/aromatic N) is 1. The van der Waals surface area contributed by atoms with Crippen LogP contribution < -0.4 is 4.74 Å². The minimum Gasteiger partial charge on any atom is -0.489 e. The van der Waals surface area contributed by atoms with Gasteiger partial charge in [0.1, 0.15) is 18.4 Å². The first-order valence-corrected chi connectivity index (χ1v) is 8.13. The van der Waals surface area contributed by atoms with E-state index < -0.39 is 0 Å². The number of fused-ring (bicyclic) bond motifs is 1. The highest BCUT2D eigenvalue weighted by Crippen LogP contribution is 2.25. The van der Waals surface area contributed by atoms with Crippen molar-refractivity contribution < 1.29 is 14.3 Å². The van der Waals surface area contributed by atoms with E-state index in [1.54, 1.807) is 0 Å². The Morgan fingerprint density at radius 2 is 1.92 bits per heavy atom. The third-order valence-corrected chi connectivity index (χ3v) is 3.99. The van der Waals surface area contributed by atoms with Crippen molar-refractivity contribution >= 4 is 16.9 Å². The SMILES string of the molecule is CCOC(=O)C(C)n1ccc2cc(OCc3ccccc3)ccc21. The van der Waals surface area contributed by atoms with Crippen molar-refractivity contribution in [1.82, 2.24) is 4.57 Å². The maximum Gasteiger partial charge on any atom is 0.328 e. The Balaban J connectivity index is 1.77. The second-order valence-corrected chi connectivity index (χ2v) is 5.65. The molecule has 1 atom stereocenters. The predicted octanol–water partition coefficient (Wildman–Crippen LogP) is 4.34. The Morgan fingerprint density at radius 3 is 2.67 bits per heavy atom. The van der Waals surface area contributed by atoms with Gasteiger partial charge in [-0.15, -0.1) is 0 Å². The van der Waals surface area contributed by atoms with E-state index in [1.807, 2.05) is 79.2 Å². The topological polar surface area (TPSA) is 40.5 Å². The van der Waals surface area contributed by atoms with Gasteiger partial charge < -0.3 is 14.0 Å². The van der Waals surface area contributed by atoms with Gasteiger partial charge in [0.15, 0.2) is 0 Å². The molecule has 124 valence electrons. The molecule has 1 aromatic heterocycles. The van der Waals surface area contributed by atoms with Crippen molar-refractivity contribution in [3.05, 3.63) is 66.4 Å². The van der Waals surface area contributed by atoms with Crippen LogP contribution in [0.2, 0.25) is 0 Å². The van der Waals surface area contributed by atoms with Crippen LogP contribution in [0.5, 0.6) is 5.75 Å². The van der Waals surface area contributed by atoms with Crippen LogP contribution >= 0.6 is 0 Å². The van der Waals surface area contributed by atoms with Gasteiger partial charge in [-0.2, -0.15) is 0 Å². The molecule has 4 nitrogen and oxygen atoms in total. The minimum absolute atomic E-state index is 0.223. The van der Waals surface area contributed by atoms with Gasteiger partial charge in [0.25, 0.3) is 0 Å². The number of ether oxygens (including phenoxy) is 2. The summed E-state index contributed by atoms with van der Waals surface area (Å²) in [7, 11) is 0. The van der Waals surface area contributed by atoms with E-state index in [2.05, 4.69) is 0 Å². The van der Waals surface area contributed by atoms with Crippen molar-refractivity contribution in [3.63, 3.8) is 0 Å². The third-order valence-electron chi connectivity index (χ3n) is 3.99. The molecule has 0 saturated heterocycles. The number of carbonyl (C=O) groups excluding carboxylic acids is 1. The Labute approximate surface area is 141 Å².